The van der Waals surface area contributed by atoms with Crippen LogP contribution in [0.5, 0.6) is 0 Å². The number of rotatable bonds is 3. The molecule has 4 nitrogen and oxygen atoms in total. The minimum Gasteiger partial charge on any atom is -0.748 e. The summed E-state index contributed by atoms with van der Waals surface area (Å²) in [5, 5.41) is 0. The summed E-state index contributed by atoms with van der Waals surface area (Å²) >= 11 is 0. The van der Waals surface area contributed by atoms with Crippen molar-refractivity contribution >= 4 is 10.1 Å². The lowest BCUT2D eigenvalue weighted by molar-refractivity contribution is -0.393. The van der Waals surface area contributed by atoms with Gasteiger partial charge in [-0.15, -0.1) is 0 Å². The Labute approximate surface area is 111 Å². The van der Waals surface area contributed by atoms with E-state index in [9.17, 15) is 17.4 Å². The van der Waals surface area contributed by atoms with Gasteiger partial charge in [0.05, 0.1) is 15.9 Å². The van der Waals surface area contributed by atoms with Gasteiger partial charge in [-0.05, 0) is 5.56 Å². The van der Waals surface area contributed by atoms with Crippen LogP contribution >= 0.6 is 0 Å². The molecule has 0 radical (unpaired) electrons. The van der Waals surface area contributed by atoms with Gasteiger partial charge in [0.15, 0.2) is 12.9 Å². The third-order valence-corrected chi connectivity index (χ3v) is 2.79. The second-order valence-corrected chi connectivity index (χ2v) is 5.11. The quantitative estimate of drug-likeness (QED) is 0.805. The van der Waals surface area contributed by atoms with Crippen LogP contribution < -0.4 is 4.98 Å². The molecule has 0 amide bonds. The molecular formula is C13H14FNO3S. The third kappa shape index (κ3) is 7.28. The molecule has 1 N–H and O–H groups in total. The number of nitrogens with one attached hydrogen (secondary N) is 1. The van der Waals surface area contributed by atoms with E-state index in [1.165, 1.54) is 0 Å². The van der Waals surface area contributed by atoms with E-state index in [-0.39, 0.29) is 0 Å². The van der Waals surface area contributed by atoms with E-state index in [1.807, 2.05) is 6.07 Å². The summed E-state index contributed by atoms with van der Waals surface area (Å²) in [5.74, 6) is -0.423. The molecule has 0 fully saturated rings. The number of H-pyrrole nitrogens is 1. The summed E-state index contributed by atoms with van der Waals surface area (Å²) in [5.41, 5.74) is 1.15. The summed E-state index contributed by atoms with van der Waals surface area (Å²) in [6, 6.07) is 13.7. The van der Waals surface area contributed by atoms with Crippen LogP contribution in [0, 0.1) is 0 Å². The first-order valence-electron chi connectivity index (χ1n) is 5.50. The first kappa shape index (κ1) is 15.3. The van der Waals surface area contributed by atoms with Gasteiger partial charge in [-0.2, -0.15) is 0 Å². The molecule has 0 aliphatic heterocycles. The molecule has 1 aromatic carbocycles. The Hall–Kier alpha value is -1.79. The van der Waals surface area contributed by atoms with Gasteiger partial charge in [0.25, 0.3) is 0 Å². The predicted octanol–water partition coefficient (Wildman–Crippen LogP) is 1.70. The van der Waals surface area contributed by atoms with E-state index in [2.05, 4.69) is 4.98 Å². The largest absolute Gasteiger partial charge is 0.748 e. The maximum Gasteiger partial charge on any atom is 0.211 e. The van der Waals surface area contributed by atoms with Crippen molar-refractivity contribution in [1.82, 2.24) is 0 Å². The highest BCUT2D eigenvalue weighted by atomic mass is 32.2. The topological polar surface area (TPSA) is 71.3 Å². The fourth-order valence-corrected chi connectivity index (χ4v) is 1.89. The van der Waals surface area contributed by atoms with Crippen LogP contribution in [0.1, 0.15) is 11.3 Å². The van der Waals surface area contributed by atoms with Crippen LogP contribution in [0.15, 0.2) is 54.7 Å². The highest BCUT2D eigenvalue weighted by Crippen LogP contribution is 2.02. The second kappa shape index (κ2) is 7.60. The maximum atomic E-state index is 11.7. The van der Waals surface area contributed by atoms with Gasteiger partial charge in [-0.1, -0.05) is 36.4 Å². The number of hydrogen-bond donors (Lipinski definition) is 0. The number of aromatic nitrogens is 1. The van der Waals surface area contributed by atoms with Crippen LogP contribution in [0.3, 0.4) is 0 Å². The number of pyridine rings is 1. The lowest BCUT2D eigenvalue weighted by Gasteiger charge is -2.05. The highest BCUT2D eigenvalue weighted by Gasteiger charge is 1.96. The lowest BCUT2D eigenvalue weighted by atomic mass is 10.2. The molecule has 102 valence electrons. The molecule has 2 aromatic rings. The van der Waals surface area contributed by atoms with Crippen molar-refractivity contribution in [1.29, 1.82) is 0 Å². The monoisotopic (exact) mass is 283 g/mol. The summed E-state index contributed by atoms with van der Waals surface area (Å²) < 4.78 is 42.4. The molecule has 0 aliphatic carbocycles. The smallest absolute Gasteiger partial charge is 0.211 e. The second-order valence-electron chi connectivity index (χ2n) is 3.71. The summed E-state index contributed by atoms with van der Waals surface area (Å²) in [6.45, 7) is -0.416. The molecule has 0 bridgehead atoms. The molecule has 0 aliphatic rings. The number of halogens is 1. The molecular weight excluding hydrogens is 269 g/mol. The van der Waals surface area contributed by atoms with Crippen molar-refractivity contribution in [3.63, 3.8) is 0 Å². The summed E-state index contributed by atoms with van der Waals surface area (Å²) in [6.07, 6.45) is 1.70. The Balaban J connectivity index is 0.000000200. The van der Waals surface area contributed by atoms with Gasteiger partial charge in [0.2, 0.25) is 5.69 Å². The average molecular weight is 283 g/mol. The van der Waals surface area contributed by atoms with Crippen molar-refractivity contribution in [2.45, 2.75) is 12.4 Å². The molecule has 19 heavy (non-hydrogen) atoms. The number of alkyl halides is 1. The van der Waals surface area contributed by atoms with Gasteiger partial charge < -0.3 is 4.55 Å². The standard InChI is InChI=1S/C7H8O3S.C6H6FN/c8-11(9,10)6-7-4-2-1-3-5-7;7-5-6-3-1-2-4-8-6/h1-5H,6H2,(H,8,9,10);1-4H,5H2. The van der Waals surface area contributed by atoms with Gasteiger partial charge >= 0.3 is 0 Å². The third-order valence-electron chi connectivity index (χ3n) is 2.10. The molecule has 1 heterocycles. The molecule has 0 unspecified atom stereocenters. The van der Waals surface area contributed by atoms with Crippen molar-refractivity contribution in [3.05, 3.63) is 66.0 Å². The van der Waals surface area contributed by atoms with Gasteiger partial charge in [0.1, 0.15) is 0 Å². The fraction of sp³-hybridized carbons (Fsp3) is 0.154. The Kier molecular flexibility index (Phi) is 6.11. The minimum absolute atomic E-state index is 0.416. The van der Waals surface area contributed by atoms with Crippen LogP contribution in [-0.2, 0) is 22.5 Å². The van der Waals surface area contributed by atoms with E-state index in [1.54, 1.807) is 48.7 Å². The Morgan fingerprint density at radius 2 is 1.68 bits per heavy atom. The number of aromatic amines is 1. The SMILES string of the molecule is FCc1cccc[nH+]1.O=S(=O)([O-])Cc1ccccc1. The van der Waals surface area contributed by atoms with Gasteiger partial charge in [-0.25, -0.2) is 17.8 Å². The zero-order valence-electron chi connectivity index (χ0n) is 10.1. The van der Waals surface area contributed by atoms with E-state index in [0.29, 0.717) is 11.3 Å². The molecule has 6 heteroatoms. The van der Waals surface area contributed by atoms with E-state index in [0.717, 1.165) is 0 Å². The molecule has 0 saturated carbocycles. The van der Waals surface area contributed by atoms with Gasteiger partial charge in [0, 0.05) is 12.1 Å². The normalized spacial score (nSPS) is 10.4. The Bertz CT molecular complexity index is 573. The fourth-order valence-electron chi connectivity index (χ4n) is 1.29. The lowest BCUT2D eigenvalue weighted by Crippen LogP contribution is -2.06. The summed E-state index contributed by atoms with van der Waals surface area (Å²) in [4.78, 5) is 2.74. The number of hydrogen-bond acceptors (Lipinski definition) is 3. The van der Waals surface area contributed by atoms with Crippen molar-refractivity contribution in [3.8, 4) is 0 Å². The van der Waals surface area contributed by atoms with Crippen molar-refractivity contribution in [2.24, 2.45) is 0 Å². The number of benzene rings is 1. The Morgan fingerprint density at radius 3 is 2.11 bits per heavy atom. The average Bonchev–Trinajstić information content (AvgIpc) is 2.40. The van der Waals surface area contributed by atoms with E-state index >= 15 is 0 Å². The zero-order valence-corrected chi connectivity index (χ0v) is 10.9. The zero-order chi connectivity index (χ0) is 14.1. The predicted molar refractivity (Wildman–Crippen MR) is 67.7 cm³/mol. The van der Waals surface area contributed by atoms with Crippen molar-refractivity contribution in [2.75, 3.05) is 0 Å². The minimum atomic E-state index is -4.13. The van der Waals surface area contributed by atoms with E-state index in [4.69, 9.17) is 0 Å². The maximum absolute atomic E-state index is 11.7. The molecule has 0 saturated heterocycles. The molecule has 1 aromatic heterocycles. The molecule has 0 atom stereocenters. The van der Waals surface area contributed by atoms with Crippen molar-refractivity contribution < 1.29 is 22.3 Å². The van der Waals surface area contributed by atoms with Crippen LogP contribution in [0.25, 0.3) is 0 Å². The first-order chi connectivity index (χ1) is 9.01. The van der Waals surface area contributed by atoms with Crippen LogP contribution in [0.4, 0.5) is 4.39 Å². The summed E-state index contributed by atoms with van der Waals surface area (Å²) in [7, 11) is -4.13. The van der Waals surface area contributed by atoms with Crippen LogP contribution in [-0.4, -0.2) is 13.0 Å². The molecule has 2 rings (SSSR count). The Morgan fingerprint density at radius 1 is 1.05 bits per heavy atom. The molecule has 0 spiro atoms. The van der Waals surface area contributed by atoms with Crippen LogP contribution in [0.2, 0.25) is 0 Å². The van der Waals surface area contributed by atoms with E-state index < -0.39 is 22.5 Å². The highest BCUT2D eigenvalue weighted by molar-refractivity contribution is 7.84. The first-order valence-corrected chi connectivity index (χ1v) is 7.08. The van der Waals surface area contributed by atoms with Gasteiger partial charge in [-0.3, -0.25) is 0 Å².